The van der Waals surface area contributed by atoms with Crippen LogP contribution in [-0.4, -0.2) is 50.9 Å². The maximum Gasteiger partial charge on any atom is 0.264 e. The van der Waals surface area contributed by atoms with Gasteiger partial charge in [-0.15, -0.1) is 0 Å². The minimum atomic E-state index is -4.12. The maximum absolute atomic E-state index is 14.1. The summed E-state index contributed by atoms with van der Waals surface area (Å²) in [5.41, 5.74) is 3.94. The van der Waals surface area contributed by atoms with Gasteiger partial charge in [0.25, 0.3) is 10.0 Å². The third-order valence-corrected chi connectivity index (χ3v) is 9.11. The summed E-state index contributed by atoms with van der Waals surface area (Å²) >= 11 is 0. The number of benzene rings is 3. The number of hydrogen-bond donors (Lipinski definition) is 1. The highest BCUT2D eigenvalue weighted by molar-refractivity contribution is 7.92. The summed E-state index contributed by atoms with van der Waals surface area (Å²) in [6.45, 7) is 10.8. The molecule has 8 nitrogen and oxygen atoms in total. The smallest absolute Gasteiger partial charge is 0.264 e. The van der Waals surface area contributed by atoms with Crippen molar-refractivity contribution in [2.75, 3.05) is 18.0 Å². The summed E-state index contributed by atoms with van der Waals surface area (Å²) in [6, 6.07) is 18.1. The molecule has 2 unspecified atom stereocenters. The Morgan fingerprint density at radius 1 is 0.927 bits per heavy atom. The molecule has 0 aliphatic rings. The van der Waals surface area contributed by atoms with Crippen LogP contribution in [-0.2, 0) is 26.2 Å². The van der Waals surface area contributed by atoms with Gasteiger partial charge in [-0.1, -0.05) is 42.8 Å². The third kappa shape index (κ3) is 7.88. The molecule has 1 N–H and O–H groups in total. The molecule has 3 aromatic carbocycles. The quantitative estimate of drug-likeness (QED) is 0.320. The molecular formula is C32H41N3O5S. The molecule has 3 aromatic rings. The van der Waals surface area contributed by atoms with Crippen molar-refractivity contribution in [3.8, 4) is 5.75 Å². The Labute approximate surface area is 244 Å². The monoisotopic (exact) mass is 579 g/mol. The first-order valence-corrected chi connectivity index (χ1v) is 15.2. The van der Waals surface area contributed by atoms with Gasteiger partial charge in [0.1, 0.15) is 18.3 Å². The van der Waals surface area contributed by atoms with E-state index in [0.717, 1.165) is 33.0 Å². The van der Waals surface area contributed by atoms with Crippen molar-refractivity contribution in [1.29, 1.82) is 0 Å². The molecule has 220 valence electrons. The van der Waals surface area contributed by atoms with E-state index in [-0.39, 0.29) is 23.4 Å². The summed E-state index contributed by atoms with van der Waals surface area (Å²) in [6.07, 6.45) is 0.734. The summed E-state index contributed by atoms with van der Waals surface area (Å²) in [5, 5.41) is 2.94. The molecule has 0 bridgehead atoms. The predicted octanol–water partition coefficient (Wildman–Crippen LogP) is 5.15. The average molecular weight is 580 g/mol. The number of carbonyl (C=O) groups excluding carboxylic acids is 2. The van der Waals surface area contributed by atoms with Gasteiger partial charge >= 0.3 is 0 Å². The fourth-order valence-corrected chi connectivity index (χ4v) is 5.67. The van der Waals surface area contributed by atoms with Gasteiger partial charge in [-0.05, 0) is 94.1 Å². The van der Waals surface area contributed by atoms with Gasteiger partial charge in [-0.25, -0.2) is 8.42 Å². The van der Waals surface area contributed by atoms with Crippen molar-refractivity contribution in [2.45, 2.75) is 71.5 Å². The van der Waals surface area contributed by atoms with E-state index >= 15 is 0 Å². The van der Waals surface area contributed by atoms with Crippen LogP contribution in [0.25, 0.3) is 0 Å². The zero-order chi connectivity index (χ0) is 30.3. The van der Waals surface area contributed by atoms with E-state index in [1.54, 1.807) is 62.6 Å². The van der Waals surface area contributed by atoms with Gasteiger partial charge in [-0.2, -0.15) is 0 Å². The maximum atomic E-state index is 14.1. The molecule has 0 aliphatic carbocycles. The molecule has 0 radical (unpaired) electrons. The van der Waals surface area contributed by atoms with Crippen LogP contribution in [0.4, 0.5) is 5.69 Å². The second kappa shape index (κ2) is 13.7. The highest BCUT2D eigenvalue weighted by Crippen LogP contribution is 2.27. The highest BCUT2D eigenvalue weighted by Gasteiger charge is 2.33. The van der Waals surface area contributed by atoms with Gasteiger partial charge < -0.3 is 15.0 Å². The number of nitrogens with one attached hydrogen (secondary N) is 1. The van der Waals surface area contributed by atoms with Crippen LogP contribution >= 0.6 is 0 Å². The third-order valence-electron chi connectivity index (χ3n) is 7.32. The Bertz CT molecular complexity index is 1470. The Morgan fingerprint density at radius 2 is 1.61 bits per heavy atom. The van der Waals surface area contributed by atoms with E-state index < -0.39 is 28.5 Å². The number of carbonyl (C=O) groups is 2. The van der Waals surface area contributed by atoms with Crippen molar-refractivity contribution >= 4 is 27.5 Å². The molecule has 3 rings (SSSR count). The summed E-state index contributed by atoms with van der Waals surface area (Å²) < 4.78 is 34.5. The zero-order valence-electron chi connectivity index (χ0n) is 25.0. The average Bonchev–Trinajstić information content (AvgIpc) is 2.95. The van der Waals surface area contributed by atoms with Gasteiger partial charge in [0, 0.05) is 12.6 Å². The van der Waals surface area contributed by atoms with Gasteiger partial charge in [0.2, 0.25) is 11.8 Å². The second-order valence-corrected chi connectivity index (χ2v) is 12.3. The van der Waals surface area contributed by atoms with E-state index in [1.807, 2.05) is 52.8 Å². The lowest BCUT2D eigenvalue weighted by molar-refractivity contribution is -0.139. The summed E-state index contributed by atoms with van der Waals surface area (Å²) in [4.78, 5) is 28.8. The van der Waals surface area contributed by atoms with Gasteiger partial charge in [0.15, 0.2) is 0 Å². The molecule has 0 fully saturated rings. The molecule has 0 spiro atoms. The number of methoxy groups -OCH3 is 1. The van der Waals surface area contributed by atoms with Crippen LogP contribution in [0.2, 0.25) is 0 Å². The first kappa shape index (κ1) is 31.7. The van der Waals surface area contributed by atoms with E-state index in [2.05, 4.69) is 5.32 Å². The first-order chi connectivity index (χ1) is 19.4. The Balaban J connectivity index is 2.06. The summed E-state index contributed by atoms with van der Waals surface area (Å²) in [5.74, 6) is -0.200. The first-order valence-electron chi connectivity index (χ1n) is 13.8. The zero-order valence-corrected chi connectivity index (χ0v) is 25.8. The van der Waals surface area contributed by atoms with Crippen molar-refractivity contribution in [2.24, 2.45) is 0 Å². The van der Waals surface area contributed by atoms with Gasteiger partial charge in [0.05, 0.1) is 17.7 Å². The fraction of sp³-hybridized carbons (Fsp3) is 0.375. The topological polar surface area (TPSA) is 96.0 Å². The Kier molecular flexibility index (Phi) is 10.6. The van der Waals surface area contributed by atoms with Gasteiger partial charge in [-0.3, -0.25) is 13.9 Å². The molecule has 9 heteroatoms. The molecule has 0 saturated carbocycles. The van der Waals surface area contributed by atoms with Crippen molar-refractivity contribution in [1.82, 2.24) is 10.2 Å². The molecule has 41 heavy (non-hydrogen) atoms. The fourth-order valence-electron chi connectivity index (χ4n) is 4.26. The lowest BCUT2D eigenvalue weighted by atomic mass is 10.1. The molecule has 0 heterocycles. The number of aryl methyl sites for hydroxylation is 3. The van der Waals surface area contributed by atoms with Crippen LogP contribution in [0.15, 0.2) is 71.6 Å². The number of sulfonamides is 1. The lowest BCUT2D eigenvalue weighted by Gasteiger charge is -2.32. The number of nitrogens with zero attached hydrogens (tertiary/aromatic N) is 2. The number of anilines is 1. The molecule has 0 saturated heterocycles. The number of rotatable bonds is 12. The SMILES string of the molecule is CCC(C)NC(=O)C(C)N(Cc1cccc(OC)c1)C(=O)CN(c1ccc(C)c(C)c1)S(=O)(=O)c1ccc(C)cc1. The summed E-state index contributed by atoms with van der Waals surface area (Å²) in [7, 11) is -2.56. The van der Waals surface area contributed by atoms with Crippen molar-refractivity contribution in [3.63, 3.8) is 0 Å². The van der Waals surface area contributed by atoms with E-state index in [1.165, 1.54) is 4.90 Å². The molecule has 2 atom stereocenters. The minimum absolute atomic E-state index is 0.0762. The van der Waals surface area contributed by atoms with E-state index in [9.17, 15) is 18.0 Å². The largest absolute Gasteiger partial charge is 0.497 e. The Hall–Kier alpha value is -3.85. The lowest BCUT2D eigenvalue weighted by Crippen LogP contribution is -2.52. The highest BCUT2D eigenvalue weighted by atomic mass is 32.2. The number of ether oxygens (including phenoxy) is 1. The van der Waals surface area contributed by atoms with Crippen LogP contribution in [0.3, 0.4) is 0 Å². The second-order valence-electron chi connectivity index (χ2n) is 10.5. The molecule has 0 aliphatic heterocycles. The molecular weight excluding hydrogens is 538 g/mol. The predicted molar refractivity (Wildman–Crippen MR) is 163 cm³/mol. The Morgan fingerprint density at radius 3 is 2.22 bits per heavy atom. The minimum Gasteiger partial charge on any atom is -0.497 e. The van der Waals surface area contributed by atoms with E-state index in [4.69, 9.17) is 4.74 Å². The van der Waals surface area contributed by atoms with Crippen LogP contribution in [0, 0.1) is 20.8 Å². The molecule has 2 amide bonds. The number of hydrogen-bond acceptors (Lipinski definition) is 5. The molecule has 0 aromatic heterocycles. The van der Waals surface area contributed by atoms with Crippen molar-refractivity contribution in [3.05, 3.63) is 89.0 Å². The van der Waals surface area contributed by atoms with Crippen LogP contribution in [0.5, 0.6) is 5.75 Å². The van der Waals surface area contributed by atoms with Crippen LogP contribution in [0.1, 0.15) is 49.4 Å². The standard InChI is InChI=1S/C32H41N3O5S/c1-8-25(5)33-32(37)26(6)34(20-27-10-9-11-29(19-27)40-7)31(36)21-35(28-15-14-23(3)24(4)18-28)41(38,39)30-16-12-22(2)13-17-30/h9-19,25-26H,8,20-21H2,1-7H3,(H,33,37). The van der Waals surface area contributed by atoms with E-state index in [0.29, 0.717) is 11.4 Å². The van der Waals surface area contributed by atoms with Crippen LogP contribution < -0.4 is 14.4 Å². The number of amides is 2. The normalized spacial score (nSPS) is 12.8. The van der Waals surface area contributed by atoms with Crippen molar-refractivity contribution < 1.29 is 22.7 Å².